The van der Waals surface area contributed by atoms with Crippen LogP contribution in [0.4, 0.5) is 0 Å². The summed E-state index contributed by atoms with van der Waals surface area (Å²) in [5.74, 6) is 0. The van der Waals surface area contributed by atoms with Crippen LogP contribution < -0.4 is 5.32 Å². The first kappa shape index (κ1) is 5.96. The summed E-state index contributed by atoms with van der Waals surface area (Å²) in [6.45, 7) is 4.23. The van der Waals surface area contributed by atoms with Gasteiger partial charge in [0.25, 0.3) is 0 Å². The van der Waals surface area contributed by atoms with Crippen molar-refractivity contribution in [3.63, 3.8) is 0 Å². The highest BCUT2D eigenvalue weighted by Gasteiger charge is 1.86. The molecule has 1 heteroatoms. The van der Waals surface area contributed by atoms with Crippen molar-refractivity contribution in [2.75, 3.05) is 0 Å². The highest BCUT2D eigenvalue weighted by Crippen LogP contribution is 1.83. The molecule has 37 valence electrons. The summed E-state index contributed by atoms with van der Waals surface area (Å²) < 4.78 is 0. The van der Waals surface area contributed by atoms with E-state index in [1.807, 2.05) is 0 Å². The summed E-state index contributed by atoms with van der Waals surface area (Å²) in [6.07, 6.45) is 1.16. The fraction of sp³-hybridized carbons (Fsp3) is 0.800. The molecule has 0 saturated heterocycles. The molecule has 0 aromatic carbocycles. The van der Waals surface area contributed by atoms with Gasteiger partial charge in [0.2, 0.25) is 0 Å². The Morgan fingerprint density at radius 1 is 1.83 bits per heavy atom. The Bertz CT molecular complexity index is 23.1. The normalized spacial score (nSPS) is 14.5. The van der Waals surface area contributed by atoms with E-state index in [2.05, 4.69) is 26.2 Å². The number of hydrogen-bond donors (Lipinski definition) is 1. The zero-order valence-electron chi connectivity index (χ0n) is 4.49. The van der Waals surface area contributed by atoms with E-state index in [-0.39, 0.29) is 0 Å². The maximum Gasteiger partial charge on any atom is 0.00793 e. The summed E-state index contributed by atoms with van der Waals surface area (Å²) in [7, 11) is 3.51. The minimum absolute atomic E-state index is 0.574. The summed E-state index contributed by atoms with van der Waals surface area (Å²) >= 11 is 0. The van der Waals surface area contributed by atoms with Crippen LogP contribution in [0.25, 0.3) is 0 Å². The molecule has 0 fully saturated rings. The van der Waals surface area contributed by atoms with Gasteiger partial charge in [-0.2, -0.15) is 0 Å². The molecule has 1 radical (unpaired) electrons. The molecule has 0 aliphatic heterocycles. The van der Waals surface area contributed by atoms with Gasteiger partial charge >= 0.3 is 0 Å². The van der Waals surface area contributed by atoms with Crippen LogP contribution in [-0.2, 0) is 0 Å². The molecule has 0 amide bonds. The van der Waals surface area contributed by atoms with Crippen LogP contribution >= 0.6 is 0 Å². The van der Waals surface area contributed by atoms with Crippen molar-refractivity contribution in [2.45, 2.75) is 26.3 Å². The highest BCUT2D eigenvalue weighted by atomic mass is 14.8. The molecular weight excluding hydrogens is 74.1 g/mol. The first-order valence-corrected chi connectivity index (χ1v) is 2.33. The third kappa shape index (κ3) is 2.21. The summed E-state index contributed by atoms with van der Waals surface area (Å²) in [4.78, 5) is 0. The average molecular weight is 86.2 g/mol. The van der Waals surface area contributed by atoms with Crippen molar-refractivity contribution >= 4 is 0 Å². The maximum atomic E-state index is 3.51. The Balaban J connectivity index is 2.75. The monoisotopic (exact) mass is 86.1 g/mol. The van der Waals surface area contributed by atoms with Gasteiger partial charge in [0.1, 0.15) is 0 Å². The van der Waals surface area contributed by atoms with Gasteiger partial charge in [0.05, 0.1) is 0 Å². The number of hydrogen-bond acceptors (Lipinski definition) is 1. The van der Waals surface area contributed by atoms with Gasteiger partial charge in [-0.3, -0.25) is 0 Å². The summed E-state index contributed by atoms with van der Waals surface area (Å²) in [5, 5.41) is 2.86. The van der Waals surface area contributed by atoms with E-state index in [0.29, 0.717) is 6.04 Å². The fourth-order valence-electron chi connectivity index (χ4n) is 0.144. The standard InChI is InChI=1S/C5H12N/c1-4-5(2)6-3/h5-6H,3-4H2,1-2H3/t5-/m0/s1. The van der Waals surface area contributed by atoms with E-state index in [9.17, 15) is 0 Å². The van der Waals surface area contributed by atoms with E-state index in [1.165, 1.54) is 0 Å². The molecule has 0 saturated carbocycles. The van der Waals surface area contributed by atoms with E-state index in [4.69, 9.17) is 0 Å². The van der Waals surface area contributed by atoms with E-state index in [0.717, 1.165) is 6.42 Å². The van der Waals surface area contributed by atoms with Crippen molar-refractivity contribution in [3.05, 3.63) is 7.05 Å². The predicted molar refractivity (Wildman–Crippen MR) is 28.2 cm³/mol. The summed E-state index contributed by atoms with van der Waals surface area (Å²) in [6, 6.07) is 0.574. The smallest absolute Gasteiger partial charge is 0.00793 e. The third-order valence-electron chi connectivity index (χ3n) is 0.961. The molecule has 0 aliphatic rings. The van der Waals surface area contributed by atoms with Crippen LogP contribution in [0.15, 0.2) is 0 Å². The van der Waals surface area contributed by atoms with Gasteiger partial charge in [-0.1, -0.05) is 6.92 Å². The van der Waals surface area contributed by atoms with Crippen molar-refractivity contribution in [1.82, 2.24) is 5.32 Å². The Hall–Kier alpha value is -0.0400. The molecule has 0 unspecified atom stereocenters. The molecule has 6 heavy (non-hydrogen) atoms. The van der Waals surface area contributed by atoms with Crippen molar-refractivity contribution in [1.29, 1.82) is 0 Å². The highest BCUT2D eigenvalue weighted by molar-refractivity contribution is 4.52. The Morgan fingerprint density at radius 2 is 2.33 bits per heavy atom. The first-order chi connectivity index (χ1) is 2.81. The van der Waals surface area contributed by atoms with Gasteiger partial charge in [-0.15, -0.1) is 0 Å². The zero-order chi connectivity index (χ0) is 4.99. The summed E-state index contributed by atoms with van der Waals surface area (Å²) in [5.41, 5.74) is 0. The van der Waals surface area contributed by atoms with Crippen LogP contribution in [0, 0.1) is 7.05 Å². The lowest BCUT2D eigenvalue weighted by Crippen LogP contribution is -2.16. The minimum atomic E-state index is 0.574. The molecule has 0 rings (SSSR count). The van der Waals surface area contributed by atoms with E-state index in [1.54, 1.807) is 0 Å². The lowest BCUT2D eigenvalue weighted by Gasteiger charge is -2.01. The van der Waals surface area contributed by atoms with Gasteiger partial charge in [-0.05, 0) is 13.3 Å². The van der Waals surface area contributed by atoms with Crippen LogP contribution in [-0.4, -0.2) is 6.04 Å². The van der Waals surface area contributed by atoms with Gasteiger partial charge in [-0.25, -0.2) is 0 Å². The maximum absolute atomic E-state index is 3.51. The van der Waals surface area contributed by atoms with Crippen LogP contribution in [0.1, 0.15) is 20.3 Å². The van der Waals surface area contributed by atoms with Crippen LogP contribution in [0.3, 0.4) is 0 Å². The van der Waals surface area contributed by atoms with Crippen molar-refractivity contribution < 1.29 is 0 Å². The molecular formula is C5H12N. The fourth-order valence-corrected chi connectivity index (χ4v) is 0.144. The molecule has 1 N–H and O–H groups in total. The number of nitrogens with one attached hydrogen (secondary N) is 1. The molecule has 1 nitrogen and oxygen atoms in total. The van der Waals surface area contributed by atoms with Gasteiger partial charge in [0.15, 0.2) is 0 Å². The molecule has 0 aromatic rings. The van der Waals surface area contributed by atoms with E-state index >= 15 is 0 Å². The topological polar surface area (TPSA) is 12.0 Å². The van der Waals surface area contributed by atoms with Crippen LogP contribution in [0.5, 0.6) is 0 Å². The predicted octanol–water partition coefficient (Wildman–Crippen LogP) is 1.17. The Labute approximate surface area is 39.7 Å². The molecule has 0 aliphatic carbocycles. The second kappa shape index (κ2) is 3.16. The van der Waals surface area contributed by atoms with E-state index < -0.39 is 0 Å². The van der Waals surface area contributed by atoms with Crippen LogP contribution in [0.2, 0.25) is 0 Å². The Morgan fingerprint density at radius 3 is 2.33 bits per heavy atom. The quantitative estimate of drug-likeness (QED) is 0.532. The largest absolute Gasteiger partial charge is 0.313 e. The average Bonchev–Trinajstić information content (AvgIpc) is 1.65. The van der Waals surface area contributed by atoms with Gasteiger partial charge in [0, 0.05) is 13.1 Å². The Kier molecular flexibility index (Phi) is 3.14. The molecule has 1 atom stereocenters. The molecule has 0 bridgehead atoms. The molecule has 0 spiro atoms. The second-order valence-electron chi connectivity index (χ2n) is 1.51. The van der Waals surface area contributed by atoms with Crippen molar-refractivity contribution in [3.8, 4) is 0 Å². The number of rotatable bonds is 2. The lowest BCUT2D eigenvalue weighted by molar-refractivity contribution is 0.616. The third-order valence-corrected chi connectivity index (χ3v) is 0.961. The van der Waals surface area contributed by atoms with Gasteiger partial charge < -0.3 is 5.32 Å². The van der Waals surface area contributed by atoms with Crippen molar-refractivity contribution in [2.24, 2.45) is 0 Å². The molecule has 0 heterocycles. The lowest BCUT2D eigenvalue weighted by atomic mass is 10.3. The minimum Gasteiger partial charge on any atom is -0.313 e. The first-order valence-electron chi connectivity index (χ1n) is 2.33. The zero-order valence-corrected chi connectivity index (χ0v) is 4.49. The molecule has 0 aromatic heterocycles. The SMILES string of the molecule is [CH2]N[C@@H](C)CC. The second-order valence-corrected chi connectivity index (χ2v) is 1.51.